The SMILES string of the molecule is CCNCc1coc2c(Cl)cccc12. The second-order valence-electron chi connectivity index (χ2n) is 3.16. The number of nitrogens with one attached hydrogen (secondary N) is 1. The normalized spacial score (nSPS) is 11.0. The summed E-state index contributed by atoms with van der Waals surface area (Å²) in [6.45, 7) is 3.85. The van der Waals surface area contributed by atoms with E-state index in [-0.39, 0.29) is 0 Å². The van der Waals surface area contributed by atoms with E-state index in [1.54, 1.807) is 6.26 Å². The number of hydrogen-bond donors (Lipinski definition) is 1. The minimum Gasteiger partial charge on any atom is -0.462 e. The molecular weight excluding hydrogens is 198 g/mol. The Morgan fingerprint density at radius 1 is 1.43 bits per heavy atom. The molecule has 0 atom stereocenters. The number of para-hydroxylation sites is 1. The van der Waals surface area contributed by atoms with E-state index in [4.69, 9.17) is 16.0 Å². The fourth-order valence-electron chi connectivity index (χ4n) is 1.47. The molecule has 1 aromatic heterocycles. The fraction of sp³-hybridized carbons (Fsp3) is 0.273. The van der Waals surface area contributed by atoms with Crippen molar-refractivity contribution in [3.05, 3.63) is 35.0 Å². The Bertz CT molecular complexity index is 436. The largest absolute Gasteiger partial charge is 0.462 e. The summed E-state index contributed by atoms with van der Waals surface area (Å²) in [5, 5.41) is 5.03. The number of benzene rings is 1. The van der Waals surface area contributed by atoms with Gasteiger partial charge in [0.1, 0.15) is 0 Å². The number of furan rings is 1. The van der Waals surface area contributed by atoms with Crippen LogP contribution in [0.15, 0.2) is 28.9 Å². The van der Waals surface area contributed by atoms with Crippen LogP contribution in [0.2, 0.25) is 5.02 Å². The highest BCUT2D eigenvalue weighted by Gasteiger charge is 2.07. The third kappa shape index (κ3) is 1.63. The first-order valence-electron chi connectivity index (χ1n) is 4.68. The maximum atomic E-state index is 5.99. The van der Waals surface area contributed by atoms with Crippen molar-refractivity contribution in [2.45, 2.75) is 13.5 Å². The summed E-state index contributed by atoms with van der Waals surface area (Å²) in [4.78, 5) is 0. The molecule has 0 aliphatic rings. The van der Waals surface area contributed by atoms with E-state index in [1.807, 2.05) is 18.2 Å². The minimum absolute atomic E-state index is 0.672. The molecule has 0 bridgehead atoms. The van der Waals surface area contributed by atoms with Gasteiger partial charge in [-0.3, -0.25) is 0 Å². The zero-order chi connectivity index (χ0) is 9.97. The topological polar surface area (TPSA) is 25.2 Å². The highest BCUT2D eigenvalue weighted by Crippen LogP contribution is 2.27. The second kappa shape index (κ2) is 4.03. The summed E-state index contributed by atoms with van der Waals surface area (Å²) < 4.78 is 5.40. The third-order valence-corrected chi connectivity index (χ3v) is 2.50. The summed E-state index contributed by atoms with van der Waals surface area (Å²) >= 11 is 5.99. The van der Waals surface area contributed by atoms with Gasteiger partial charge in [0.2, 0.25) is 0 Å². The van der Waals surface area contributed by atoms with Gasteiger partial charge in [0, 0.05) is 17.5 Å². The maximum Gasteiger partial charge on any atom is 0.152 e. The van der Waals surface area contributed by atoms with Crippen LogP contribution in [0, 0.1) is 0 Å². The van der Waals surface area contributed by atoms with Crippen molar-refractivity contribution in [1.82, 2.24) is 5.32 Å². The average Bonchev–Trinajstić information content (AvgIpc) is 2.60. The molecule has 2 aromatic rings. The molecule has 1 N–H and O–H groups in total. The van der Waals surface area contributed by atoms with Crippen LogP contribution in [0.1, 0.15) is 12.5 Å². The van der Waals surface area contributed by atoms with Gasteiger partial charge in [-0.2, -0.15) is 0 Å². The minimum atomic E-state index is 0.672. The second-order valence-corrected chi connectivity index (χ2v) is 3.56. The van der Waals surface area contributed by atoms with Crippen LogP contribution in [0.25, 0.3) is 11.0 Å². The number of rotatable bonds is 3. The van der Waals surface area contributed by atoms with Crippen molar-refractivity contribution < 1.29 is 4.42 Å². The van der Waals surface area contributed by atoms with Gasteiger partial charge in [-0.1, -0.05) is 30.7 Å². The lowest BCUT2D eigenvalue weighted by Gasteiger charge is -1.98. The van der Waals surface area contributed by atoms with Crippen molar-refractivity contribution >= 4 is 22.6 Å². The molecule has 0 aliphatic heterocycles. The number of fused-ring (bicyclic) bond motifs is 1. The molecule has 0 amide bonds. The van der Waals surface area contributed by atoms with Gasteiger partial charge < -0.3 is 9.73 Å². The quantitative estimate of drug-likeness (QED) is 0.840. The Morgan fingerprint density at radius 2 is 2.29 bits per heavy atom. The molecule has 1 aromatic carbocycles. The van der Waals surface area contributed by atoms with Crippen molar-refractivity contribution in [3.8, 4) is 0 Å². The summed E-state index contributed by atoms with van der Waals surface area (Å²) in [5.41, 5.74) is 1.94. The van der Waals surface area contributed by atoms with Gasteiger partial charge in [-0.05, 0) is 12.6 Å². The van der Waals surface area contributed by atoms with E-state index < -0.39 is 0 Å². The molecule has 0 fully saturated rings. The lowest BCUT2D eigenvalue weighted by molar-refractivity contribution is 0.604. The fourth-order valence-corrected chi connectivity index (χ4v) is 1.69. The van der Waals surface area contributed by atoms with Crippen molar-refractivity contribution in [2.24, 2.45) is 0 Å². The van der Waals surface area contributed by atoms with Gasteiger partial charge in [0.25, 0.3) is 0 Å². The molecule has 2 rings (SSSR count). The molecule has 0 saturated heterocycles. The zero-order valence-corrected chi connectivity index (χ0v) is 8.77. The van der Waals surface area contributed by atoms with Gasteiger partial charge >= 0.3 is 0 Å². The van der Waals surface area contributed by atoms with Crippen LogP contribution < -0.4 is 5.32 Å². The zero-order valence-electron chi connectivity index (χ0n) is 8.01. The van der Waals surface area contributed by atoms with E-state index in [0.717, 1.165) is 29.6 Å². The first-order chi connectivity index (χ1) is 6.83. The van der Waals surface area contributed by atoms with E-state index in [9.17, 15) is 0 Å². The molecule has 0 aliphatic carbocycles. The first kappa shape index (κ1) is 9.56. The molecule has 14 heavy (non-hydrogen) atoms. The van der Waals surface area contributed by atoms with Crippen LogP contribution in [0.5, 0.6) is 0 Å². The molecule has 3 heteroatoms. The van der Waals surface area contributed by atoms with Crippen LogP contribution in [-0.4, -0.2) is 6.54 Å². The van der Waals surface area contributed by atoms with E-state index >= 15 is 0 Å². The van der Waals surface area contributed by atoms with Crippen molar-refractivity contribution in [1.29, 1.82) is 0 Å². The summed E-state index contributed by atoms with van der Waals surface area (Å²) in [5.74, 6) is 0. The van der Waals surface area contributed by atoms with E-state index in [0.29, 0.717) is 5.02 Å². The molecule has 74 valence electrons. The Hall–Kier alpha value is -0.990. The molecule has 0 radical (unpaired) electrons. The molecule has 1 heterocycles. The molecule has 2 nitrogen and oxygen atoms in total. The lowest BCUT2D eigenvalue weighted by atomic mass is 10.2. The van der Waals surface area contributed by atoms with Crippen LogP contribution in [0.3, 0.4) is 0 Å². The number of hydrogen-bond acceptors (Lipinski definition) is 2. The number of halogens is 1. The van der Waals surface area contributed by atoms with Crippen LogP contribution in [-0.2, 0) is 6.54 Å². The Kier molecular flexibility index (Phi) is 2.75. The Labute approximate surface area is 87.9 Å². The standard InChI is InChI=1S/C11H12ClNO/c1-2-13-6-8-7-14-11-9(8)4-3-5-10(11)12/h3-5,7,13H,2,6H2,1H3. The molecule has 0 unspecified atom stereocenters. The molecule has 0 saturated carbocycles. The predicted molar refractivity (Wildman–Crippen MR) is 58.6 cm³/mol. The predicted octanol–water partition coefficient (Wildman–Crippen LogP) is 3.20. The van der Waals surface area contributed by atoms with Crippen molar-refractivity contribution in [2.75, 3.05) is 6.54 Å². The third-order valence-electron chi connectivity index (χ3n) is 2.20. The van der Waals surface area contributed by atoms with Gasteiger partial charge in [0.15, 0.2) is 5.58 Å². The van der Waals surface area contributed by atoms with Crippen LogP contribution >= 0.6 is 11.6 Å². The van der Waals surface area contributed by atoms with E-state index in [2.05, 4.69) is 12.2 Å². The summed E-state index contributed by atoms with van der Waals surface area (Å²) in [7, 11) is 0. The highest BCUT2D eigenvalue weighted by molar-refractivity contribution is 6.34. The van der Waals surface area contributed by atoms with Gasteiger partial charge in [-0.15, -0.1) is 0 Å². The first-order valence-corrected chi connectivity index (χ1v) is 5.06. The average molecular weight is 210 g/mol. The molecule has 0 spiro atoms. The summed E-state index contributed by atoms with van der Waals surface area (Å²) in [6.07, 6.45) is 1.76. The van der Waals surface area contributed by atoms with E-state index in [1.165, 1.54) is 0 Å². The highest BCUT2D eigenvalue weighted by atomic mass is 35.5. The molecular formula is C11H12ClNO. The van der Waals surface area contributed by atoms with Crippen molar-refractivity contribution in [3.63, 3.8) is 0 Å². The maximum absolute atomic E-state index is 5.99. The Morgan fingerprint density at radius 3 is 3.07 bits per heavy atom. The lowest BCUT2D eigenvalue weighted by Crippen LogP contribution is -2.11. The monoisotopic (exact) mass is 209 g/mol. The van der Waals surface area contributed by atoms with Gasteiger partial charge in [0.05, 0.1) is 11.3 Å². The Balaban J connectivity index is 2.42. The van der Waals surface area contributed by atoms with Gasteiger partial charge in [-0.25, -0.2) is 0 Å². The summed E-state index contributed by atoms with van der Waals surface area (Å²) in [6, 6.07) is 5.80. The smallest absolute Gasteiger partial charge is 0.152 e. The van der Waals surface area contributed by atoms with Crippen LogP contribution in [0.4, 0.5) is 0 Å².